The summed E-state index contributed by atoms with van der Waals surface area (Å²) in [5.74, 6) is 2.49. The van der Waals surface area contributed by atoms with Crippen LogP contribution in [0.15, 0.2) is 41.7 Å². The first-order valence-electron chi connectivity index (χ1n) is 23.8. The van der Waals surface area contributed by atoms with Gasteiger partial charge in [-0.15, -0.1) is 5.10 Å². The molecule has 3 atom stereocenters. The van der Waals surface area contributed by atoms with E-state index in [4.69, 9.17) is 62.6 Å². The van der Waals surface area contributed by atoms with Crippen LogP contribution < -0.4 is 10.5 Å². The lowest BCUT2D eigenvalue weighted by atomic mass is 9.91. The number of aliphatic imine (C=N–C) groups is 1. The minimum Gasteiger partial charge on any atom is -0.491 e. The van der Waals surface area contributed by atoms with Gasteiger partial charge in [-0.05, 0) is 44.4 Å². The monoisotopic (exact) mass is 1010 g/mol. The molecule has 2 aliphatic rings. The van der Waals surface area contributed by atoms with Crippen molar-refractivity contribution >= 4 is 25.8 Å². The molecule has 70 heavy (non-hydrogen) atoms. The number of Topliss-reactive ketones (excluding diaryl/α,β-unsaturated/α-hetero) is 1. The molecule has 2 aromatic heterocycles. The molecule has 0 aliphatic carbocycles. The van der Waals surface area contributed by atoms with Gasteiger partial charge in [0.15, 0.2) is 11.6 Å². The summed E-state index contributed by atoms with van der Waals surface area (Å²) in [4.78, 5) is 37.3. The van der Waals surface area contributed by atoms with Gasteiger partial charge in [0, 0.05) is 39.6 Å². The molecule has 1 aromatic carbocycles. The number of benzene rings is 1. The quantitative estimate of drug-likeness (QED) is 0.0321. The van der Waals surface area contributed by atoms with E-state index in [0.29, 0.717) is 150 Å². The number of methoxy groups -OCH3 is 1. The van der Waals surface area contributed by atoms with Crippen molar-refractivity contribution in [3.05, 3.63) is 53.5 Å². The highest BCUT2D eigenvalue weighted by atomic mass is 31.2. The van der Waals surface area contributed by atoms with E-state index in [0.717, 1.165) is 35.9 Å². The highest BCUT2D eigenvalue weighted by Crippen LogP contribution is 2.44. The number of ketones is 1. The fraction of sp³-hybridized carbons (Fsp3) is 0.717. The molecule has 2 saturated heterocycles. The van der Waals surface area contributed by atoms with Crippen LogP contribution in [0.4, 0.5) is 5.82 Å². The van der Waals surface area contributed by atoms with Gasteiger partial charge in [-0.1, -0.05) is 17.3 Å². The molecular formula is C46H75N8O15P. The number of ether oxygens (including phenoxy) is 12. The van der Waals surface area contributed by atoms with E-state index < -0.39 is 13.7 Å². The number of aromatic nitrogens is 5. The Kier molecular flexibility index (Phi) is 26.4. The lowest BCUT2D eigenvalue weighted by molar-refractivity contribution is -0.118. The number of nitrogens with zero attached hydrogens (tertiary/aromatic N) is 7. The number of nitrogens with two attached hydrogens (primary N) is 1. The Morgan fingerprint density at radius 2 is 1.43 bits per heavy atom. The molecule has 3 unspecified atom stereocenters. The molecule has 0 saturated carbocycles. The SMILES string of the molecule is CN=C(c1cnn(C2CCC(COC(C)(COC)P(O)O)O2)c1N)N1CC(c2ccc(OCCOCCOCCOCCOCc3cn(CCOCCOCCOCCOCCC(C)=O)nn3)cc2)C1. The van der Waals surface area contributed by atoms with Gasteiger partial charge in [-0.3, -0.25) is 9.79 Å². The summed E-state index contributed by atoms with van der Waals surface area (Å²) >= 11 is 0. The molecular weight excluding hydrogens is 936 g/mol. The number of carbonyl (C=O) groups excluding carboxylic acids is 1. The van der Waals surface area contributed by atoms with Gasteiger partial charge < -0.3 is 77.3 Å². The first-order chi connectivity index (χ1) is 34.1. The van der Waals surface area contributed by atoms with E-state index in [-0.39, 0.29) is 31.3 Å². The average molecular weight is 1010 g/mol. The van der Waals surface area contributed by atoms with E-state index >= 15 is 0 Å². The third-order valence-corrected chi connectivity index (χ3v) is 12.3. The molecule has 2 fully saturated rings. The topological polar surface area (TPSA) is 258 Å². The molecule has 0 bridgehead atoms. The maximum Gasteiger partial charge on any atom is 0.201 e. The minimum absolute atomic E-state index is 0.0545. The number of anilines is 1. The summed E-state index contributed by atoms with van der Waals surface area (Å²) in [6.07, 6.45) is 4.78. The van der Waals surface area contributed by atoms with Crippen LogP contribution in [0.1, 0.15) is 62.1 Å². The molecule has 394 valence electrons. The fourth-order valence-electron chi connectivity index (χ4n) is 7.30. The van der Waals surface area contributed by atoms with Crippen molar-refractivity contribution in [3.63, 3.8) is 0 Å². The lowest BCUT2D eigenvalue weighted by Crippen LogP contribution is -2.48. The van der Waals surface area contributed by atoms with E-state index in [1.807, 2.05) is 18.3 Å². The van der Waals surface area contributed by atoms with Crippen LogP contribution in [0, 0.1) is 0 Å². The molecule has 0 amide bonds. The first-order valence-corrected chi connectivity index (χ1v) is 25.1. The molecule has 4 N–H and O–H groups in total. The molecule has 24 heteroatoms. The number of hydrogen-bond donors (Lipinski definition) is 3. The van der Waals surface area contributed by atoms with Crippen molar-refractivity contribution in [2.24, 2.45) is 4.99 Å². The molecule has 5 rings (SSSR count). The molecule has 4 heterocycles. The van der Waals surface area contributed by atoms with Crippen molar-refractivity contribution in [3.8, 4) is 5.75 Å². The first kappa shape index (κ1) is 57.1. The van der Waals surface area contributed by atoms with E-state index in [2.05, 4.69) is 37.4 Å². The summed E-state index contributed by atoms with van der Waals surface area (Å²) in [7, 11) is 0.885. The van der Waals surface area contributed by atoms with Gasteiger partial charge in [0.05, 0.1) is 150 Å². The van der Waals surface area contributed by atoms with Crippen LogP contribution in [0.3, 0.4) is 0 Å². The number of nitrogen functional groups attached to an aromatic ring is 1. The molecule has 0 radical (unpaired) electrons. The van der Waals surface area contributed by atoms with Crippen molar-refractivity contribution in [2.45, 2.75) is 69.9 Å². The highest BCUT2D eigenvalue weighted by molar-refractivity contribution is 7.46. The molecule has 0 spiro atoms. The van der Waals surface area contributed by atoms with Gasteiger partial charge in [0.25, 0.3) is 0 Å². The zero-order valence-corrected chi connectivity index (χ0v) is 42.1. The van der Waals surface area contributed by atoms with Gasteiger partial charge in [0.1, 0.15) is 35.5 Å². The second kappa shape index (κ2) is 32.3. The summed E-state index contributed by atoms with van der Waals surface area (Å²) in [6.45, 7) is 13.2. The third-order valence-electron chi connectivity index (χ3n) is 11.2. The highest BCUT2D eigenvalue weighted by Gasteiger charge is 2.38. The van der Waals surface area contributed by atoms with E-state index in [1.165, 1.54) is 12.7 Å². The van der Waals surface area contributed by atoms with Gasteiger partial charge >= 0.3 is 0 Å². The summed E-state index contributed by atoms with van der Waals surface area (Å²) in [6, 6.07) is 8.16. The van der Waals surface area contributed by atoms with Crippen LogP contribution in [0.25, 0.3) is 0 Å². The molecule has 23 nitrogen and oxygen atoms in total. The smallest absolute Gasteiger partial charge is 0.201 e. The Labute approximate surface area is 411 Å². The van der Waals surface area contributed by atoms with Gasteiger partial charge in [-0.2, -0.15) is 5.10 Å². The van der Waals surface area contributed by atoms with Crippen LogP contribution >= 0.6 is 8.38 Å². The van der Waals surface area contributed by atoms with Crippen LogP contribution in [-0.2, 0) is 70.1 Å². The Morgan fingerprint density at radius 3 is 2.01 bits per heavy atom. The fourth-order valence-corrected chi connectivity index (χ4v) is 7.73. The second-order valence-electron chi connectivity index (χ2n) is 16.7. The number of rotatable bonds is 39. The standard InChI is InChI=1S/C46H75N8O15P/c1-36(55)11-13-59-15-17-61-19-20-62-18-16-60-14-12-53-32-39(50-51-53)33-66-26-25-64-22-21-63-23-24-65-27-28-67-40-7-5-37(6-8-40)38-30-52(31-38)45(48-3)42-29-49-54(44(42)47)43-10-9-41(69-43)34-68-46(2,35-58-4)70(56)57/h5-8,29,32,38,41,43,56-57H,9-28,30-31,33-35,47H2,1-4H3. The molecule has 3 aromatic rings. The predicted molar refractivity (Wildman–Crippen MR) is 257 cm³/mol. The maximum atomic E-state index is 10.9. The third kappa shape index (κ3) is 20.0. The van der Waals surface area contributed by atoms with Crippen molar-refractivity contribution in [1.29, 1.82) is 0 Å². The summed E-state index contributed by atoms with van der Waals surface area (Å²) in [5, 5.41) is 11.6. The van der Waals surface area contributed by atoms with Gasteiger partial charge in [0.2, 0.25) is 8.38 Å². The van der Waals surface area contributed by atoms with Crippen molar-refractivity contribution < 1.29 is 71.4 Å². The molecule has 2 aliphatic heterocycles. The average Bonchev–Trinajstić information content (AvgIpc) is 4.10. The minimum atomic E-state index is -2.36. The number of carbonyl (C=O) groups is 1. The number of amidine groups is 1. The summed E-state index contributed by atoms with van der Waals surface area (Å²) in [5.41, 5.74) is 9.32. The van der Waals surface area contributed by atoms with Crippen LogP contribution in [-0.4, -0.2) is 209 Å². The zero-order chi connectivity index (χ0) is 49.8. The number of hydrogen-bond acceptors (Lipinski definition) is 20. The predicted octanol–water partition coefficient (Wildman–Crippen LogP) is 2.58. The Hall–Kier alpha value is -3.78. The maximum absolute atomic E-state index is 10.9. The van der Waals surface area contributed by atoms with Crippen molar-refractivity contribution in [1.82, 2.24) is 29.7 Å². The summed E-state index contributed by atoms with van der Waals surface area (Å²) < 4.78 is 70.8. The van der Waals surface area contributed by atoms with Crippen molar-refractivity contribution in [2.75, 3.05) is 152 Å². The van der Waals surface area contributed by atoms with Crippen LogP contribution in [0.5, 0.6) is 5.75 Å². The Morgan fingerprint density at radius 1 is 0.843 bits per heavy atom. The largest absolute Gasteiger partial charge is 0.491 e. The normalized spacial score (nSPS) is 17.4. The van der Waals surface area contributed by atoms with E-state index in [9.17, 15) is 14.6 Å². The zero-order valence-electron chi connectivity index (χ0n) is 41.2. The Balaban J connectivity index is 0.808. The lowest BCUT2D eigenvalue weighted by Gasteiger charge is -2.41. The Bertz CT molecular complexity index is 1920. The van der Waals surface area contributed by atoms with Crippen LogP contribution in [0.2, 0.25) is 0 Å². The number of likely N-dealkylation sites (tertiary alicyclic amines) is 1. The van der Waals surface area contributed by atoms with Gasteiger partial charge in [-0.25, -0.2) is 9.36 Å². The second-order valence-corrected chi connectivity index (χ2v) is 18.2. The van der Waals surface area contributed by atoms with E-state index in [1.54, 1.807) is 36.5 Å².